The van der Waals surface area contributed by atoms with Crippen LogP contribution in [0.4, 0.5) is 11.5 Å². The fourth-order valence-corrected chi connectivity index (χ4v) is 3.70. The summed E-state index contributed by atoms with van der Waals surface area (Å²) < 4.78 is 1.92. The van der Waals surface area contributed by atoms with Crippen LogP contribution in [0.2, 0.25) is 10.0 Å². The van der Waals surface area contributed by atoms with Crippen molar-refractivity contribution in [1.82, 2.24) is 4.57 Å². The maximum Gasteiger partial charge on any atom is 0.335 e. The van der Waals surface area contributed by atoms with E-state index in [-0.39, 0.29) is 5.56 Å². The zero-order valence-electron chi connectivity index (χ0n) is 16.6. The molecule has 1 aromatic heterocycles. The Kier molecular flexibility index (Phi) is 6.31. The highest BCUT2D eigenvalue weighted by Gasteiger charge is 2.08. The molecule has 0 aliphatic carbocycles. The summed E-state index contributed by atoms with van der Waals surface area (Å²) in [5.74, 6) is -0.0916. The summed E-state index contributed by atoms with van der Waals surface area (Å²) >= 11 is 12.1. The summed E-state index contributed by atoms with van der Waals surface area (Å²) in [7, 11) is 0. The van der Waals surface area contributed by atoms with Gasteiger partial charge >= 0.3 is 5.97 Å². The van der Waals surface area contributed by atoms with Gasteiger partial charge in [-0.15, -0.1) is 0 Å². The number of carbonyl (C=O) groups is 1. The van der Waals surface area contributed by atoms with Crippen LogP contribution in [0.5, 0.6) is 0 Å². The van der Waals surface area contributed by atoms with Gasteiger partial charge in [-0.05, 0) is 78.6 Å². The number of hydrogen-bond donors (Lipinski definition) is 2. The van der Waals surface area contributed by atoms with Gasteiger partial charge < -0.3 is 15.0 Å². The Hall–Kier alpha value is -3.21. The monoisotopic (exact) mass is 450 g/mol. The number of anilines is 2. The Labute approximate surface area is 190 Å². The molecular weight excluding hydrogens is 431 g/mol. The van der Waals surface area contributed by atoms with Crippen molar-refractivity contribution in [2.24, 2.45) is 0 Å². The molecule has 0 amide bonds. The van der Waals surface area contributed by atoms with Crippen LogP contribution in [0.1, 0.15) is 21.5 Å². The molecule has 0 fully saturated rings. The van der Waals surface area contributed by atoms with Crippen LogP contribution < -0.4 is 5.32 Å². The number of aromatic carboxylic acids is 1. The fraction of sp³-hybridized carbons (Fsp3) is 0.0800. The van der Waals surface area contributed by atoms with Crippen molar-refractivity contribution < 1.29 is 9.90 Å². The molecular formula is C25H20Cl2N2O2. The van der Waals surface area contributed by atoms with Gasteiger partial charge in [-0.1, -0.05) is 47.5 Å². The Balaban J connectivity index is 1.44. The average molecular weight is 451 g/mol. The molecule has 3 aromatic carbocycles. The highest BCUT2D eigenvalue weighted by atomic mass is 35.5. The normalized spacial score (nSPS) is 10.8. The number of rotatable bonds is 7. The van der Waals surface area contributed by atoms with E-state index in [9.17, 15) is 9.90 Å². The topological polar surface area (TPSA) is 54.3 Å². The van der Waals surface area contributed by atoms with Gasteiger partial charge in [0.1, 0.15) is 5.82 Å². The maximum absolute atomic E-state index is 11.3. The molecule has 4 aromatic rings. The van der Waals surface area contributed by atoms with Gasteiger partial charge in [0.05, 0.1) is 15.6 Å². The smallest absolute Gasteiger partial charge is 0.335 e. The highest BCUT2D eigenvalue weighted by Crippen LogP contribution is 2.25. The maximum atomic E-state index is 11.3. The standard InChI is InChI=1S/C25H20Cl2N2O2/c26-22-13-10-18(15-23(22)27)7-6-17-8-11-20(12-9-17)28-24-5-2-14-29(24)21-4-1-3-19(16-21)25(30)31/h1-5,8-16,28H,6-7H2,(H,30,31). The summed E-state index contributed by atoms with van der Waals surface area (Å²) in [6.45, 7) is 0. The molecule has 2 N–H and O–H groups in total. The number of halogens is 2. The lowest BCUT2D eigenvalue weighted by molar-refractivity contribution is 0.0697. The minimum absolute atomic E-state index is 0.253. The third-order valence-corrected chi connectivity index (χ3v) is 5.77. The molecule has 0 atom stereocenters. The van der Waals surface area contributed by atoms with Crippen molar-refractivity contribution in [2.45, 2.75) is 12.8 Å². The minimum atomic E-state index is -0.944. The predicted molar refractivity (Wildman–Crippen MR) is 126 cm³/mol. The van der Waals surface area contributed by atoms with Crippen LogP contribution >= 0.6 is 23.2 Å². The third kappa shape index (κ3) is 5.10. The van der Waals surface area contributed by atoms with Gasteiger partial charge in [-0.3, -0.25) is 0 Å². The summed E-state index contributed by atoms with van der Waals surface area (Å²) in [4.78, 5) is 11.3. The van der Waals surface area contributed by atoms with Crippen LogP contribution in [0, 0.1) is 0 Å². The van der Waals surface area contributed by atoms with Crippen LogP contribution in [0.25, 0.3) is 5.69 Å². The fourth-order valence-electron chi connectivity index (χ4n) is 3.38. The quantitative estimate of drug-likeness (QED) is 0.318. The number of carboxylic acids is 1. The van der Waals surface area contributed by atoms with E-state index in [2.05, 4.69) is 17.4 Å². The van der Waals surface area contributed by atoms with Gasteiger partial charge in [0.25, 0.3) is 0 Å². The van der Waals surface area contributed by atoms with Crippen LogP contribution in [0.15, 0.2) is 85.1 Å². The van der Waals surface area contributed by atoms with Crippen molar-refractivity contribution in [3.8, 4) is 5.69 Å². The second-order valence-corrected chi connectivity index (χ2v) is 8.00. The summed E-state index contributed by atoms with van der Waals surface area (Å²) in [5.41, 5.74) is 4.36. The molecule has 4 nitrogen and oxygen atoms in total. The molecule has 0 aliphatic rings. The van der Waals surface area contributed by atoms with E-state index in [1.165, 1.54) is 5.56 Å². The number of hydrogen-bond acceptors (Lipinski definition) is 2. The van der Waals surface area contributed by atoms with Crippen LogP contribution in [-0.2, 0) is 12.8 Å². The zero-order valence-corrected chi connectivity index (χ0v) is 18.1. The molecule has 0 saturated heterocycles. The summed E-state index contributed by atoms with van der Waals surface area (Å²) in [6, 6.07) is 24.7. The van der Waals surface area contributed by atoms with Crippen molar-refractivity contribution in [1.29, 1.82) is 0 Å². The number of aromatic nitrogens is 1. The van der Waals surface area contributed by atoms with Crippen molar-refractivity contribution >= 4 is 40.7 Å². The van der Waals surface area contributed by atoms with Crippen molar-refractivity contribution in [2.75, 3.05) is 5.32 Å². The van der Waals surface area contributed by atoms with Gasteiger partial charge in [-0.2, -0.15) is 0 Å². The predicted octanol–water partition coefficient (Wildman–Crippen LogP) is 7.01. The number of benzene rings is 3. The number of carboxylic acid groups (broad SMARTS) is 1. The Morgan fingerprint density at radius 1 is 0.839 bits per heavy atom. The van der Waals surface area contributed by atoms with E-state index >= 15 is 0 Å². The van der Waals surface area contributed by atoms with E-state index in [4.69, 9.17) is 23.2 Å². The summed E-state index contributed by atoms with van der Waals surface area (Å²) in [6.07, 6.45) is 3.68. The lowest BCUT2D eigenvalue weighted by atomic mass is 10.0. The molecule has 0 saturated carbocycles. The first kappa shape index (κ1) is 21.0. The average Bonchev–Trinajstić information content (AvgIpc) is 3.24. The van der Waals surface area contributed by atoms with Crippen LogP contribution in [-0.4, -0.2) is 15.6 Å². The lowest BCUT2D eigenvalue weighted by Gasteiger charge is -2.12. The zero-order chi connectivity index (χ0) is 21.8. The molecule has 4 rings (SSSR count). The van der Waals surface area contributed by atoms with Crippen molar-refractivity contribution in [3.63, 3.8) is 0 Å². The van der Waals surface area contributed by atoms with Gasteiger partial charge in [0.2, 0.25) is 0 Å². The van der Waals surface area contributed by atoms with E-state index < -0.39 is 5.97 Å². The molecule has 1 heterocycles. The lowest BCUT2D eigenvalue weighted by Crippen LogP contribution is -2.02. The molecule has 0 spiro atoms. The van der Waals surface area contributed by atoms with Gasteiger partial charge in [-0.25, -0.2) is 4.79 Å². The Morgan fingerprint density at radius 2 is 1.58 bits per heavy atom. The summed E-state index contributed by atoms with van der Waals surface area (Å²) in [5, 5.41) is 13.8. The second-order valence-electron chi connectivity index (χ2n) is 7.19. The van der Waals surface area contributed by atoms with E-state index in [1.54, 1.807) is 18.2 Å². The number of nitrogens with zero attached hydrogens (tertiary/aromatic N) is 1. The van der Waals surface area contributed by atoms with Gasteiger partial charge in [0.15, 0.2) is 0 Å². The first-order chi connectivity index (χ1) is 15.0. The SMILES string of the molecule is O=C(O)c1cccc(-n2cccc2Nc2ccc(CCc3ccc(Cl)c(Cl)c3)cc2)c1. The van der Waals surface area contributed by atoms with Gasteiger partial charge in [0, 0.05) is 17.6 Å². The van der Waals surface area contributed by atoms with E-state index in [1.807, 2.05) is 59.3 Å². The minimum Gasteiger partial charge on any atom is -0.478 e. The Bertz CT molecular complexity index is 1220. The van der Waals surface area contributed by atoms with E-state index in [0.29, 0.717) is 10.0 Å². The molecule has 156 valence electrons. The molecule has 31 heavy (non-hydrogen) atoms. The second kappa shape index (κ2) is 9.29. The first-order valence-corrected chi connectivity index (χ1v) is 10.6. The highest BCUT2D eigenvalue weighted by molar-refractivity contribution is 6.42. The van der Waals surface area contributed by atoms with E-state index in [0.717, 1.165) is 35.6 Å². The molecule has 0 radical (unpaired) electrons. The first-order valence-electron chi connectivity index (χ1n) is 9.80. The molecule has 0 unspecified atom stereocenters. The molecule has 6 heteroatoms. The van der Waals surface area contributed by atoms with Crippen LogP contribution in [0.3, 0.4) is 0 Å². The number of nitrogens with one attached hydrogen (secondary N) is 1. The number of aryl methyl sites for hydroxylation is 2. The van der Waals surface area contributed by atoms with Crippen molar-refractivity contribution in [3.05, 3.63) is 112 Å². The third-order valence-electron chi connectivity index (χ3n) is 5.03. The molecule has 0 bridgehead atoms. The largest absolute Gasteiger partial charge is 0.478 e. The molecule has 0 aliphatic heterocycles. The Morgan fingerprint density at radius 3 is 2.32 bits per heavy atom.